The Balaban J connectivity index is 2.65. The standard InChI is InChI=1S/C16H17O3P/c1-10-9-11(2)15(16(17)19-20-18)12(3)14(10)13-7-5-4-6-8-13/h4-9,18,20H,1-3H3. The minimum absolute atomic E-state index is 0.474. The van der Waals surface area contributed by atoms with Crippen LogP contribution in [0.25, 0.3) is 11.1 Å². The van der Waals surface area contributed by atoms with Crippen LogP contribution < -0.4 is 0 Å². The van der Waals surface area contributed by atoms with Crippen molar-refractivity contribution in [1.82, 2.24) is 0 Å². The Morgan fingerprint density at radius 1 is 1.10 bits per heavy atom. The zero-order chi connectivity index (χ0) is 14.7. The summed E-state index contributed by atoms with van der Waals surface area (Å²) in [7, 11) is -0.833. The highest BCUT2D eigenvalue weighted by molar-refractivity contribution is 7.25. The molecule has 1 N–H and O–H groups in total. The summed E-state index contributed by atoms with van der Waals surface area (Å²) in [5.41, 5.74) is 5.53. The molecule has 20 heavy (non-hydrogen) atoms. The molecule has 0 saturated carbocycles. The zero-order valence-corrected chi connectivity index (χ0v) is 12.7. The van der Waals surface area contributed by atoms with Crippen LogP contribution >= 0.6 is 9.03 Å². The molecule has 2 aromatic carbocycles. The van der Waals surface area contributed by atoms with Crippen molar-refractivity contribution in [2.24, 2.45) is 0 Å². The van der Waals surface area contributed by atoms with Gasteiger partial charge in [-0.05, 0) is 48.6 Å². The fraction of sp³-hybridized carbons (Fsp3) is 0.188. The minimum atomic E-state index is -0.833. The van der Waals surface area contributed by atoms with E-state index in [0.29, 0.717) is 5.56 Å². The van der Waals surface area contributed by atoms with E-state index in [1.165, 1.54) is 0 Å². The van der Waals surface area contributed by atoms with Crippen molar-refractivity contribution in [3.05, 3.63) is 58.7 Å². The smallest absolute Gasteiger partial charge is 0.343 e. The summed E-state index contributed by atoms with van der Waals surface area (Å²) in [4.78, 5) is 20.8. The maximum atomic E-state index is 12.0. The third-order valence-corrected chi connectivity index (χ3v) is 3.65. The largest absolute Gasteiger partial charge is 0.416 e. The Kier molecular flexibility index (Phi) is 4.53. The lowest BCUT2D eigenvalue weighted by Gasteiger charge is -2.16. The number of hydrogen-bond acceptors (Lipinski definition) is 3. The molecule has 4 heteroatoms. The summed E-state index contributed by atoms with van der Waals surface area (Å²) in [6.45, 7) is 5.83. The molecule has 0 amide bonds. The van der Waals surface area contributed by atoms with Gasteiger partial charge in [0, 0.05) is 0 Å². The second kappa shape index (κ2) is 6.17. The lowest BCUT2D eigenvalue weighted by molar-refractivity contribution is 0.0746. The van der Waals surface area contributed by atoms with Gasteiger partial charge in [0.15, 0.2) is 0 Å². The number of carbonyl (C=O) groups excluding carboxylic acids is 1. The summed E-state index contributed by atoms with van der Waals surface area (Å²) in [6, 6.07) is 11.9. The number of aryl methyl sites for hydroxylation is 2. The lowest BCUT2D eigenvalue weighted by Crippen LogP contribution is -2.07. The quantitative estimate of drug-likeness (QED) is 0.870. The molecule has 1 atom stereocenters. The van der Waals surface area contributed by atoms with E-state index >= 15 is 0 Å². The highest BCUT2D eigenvalue weighted by Crippen LogP contribution is 2.32. The average molecular weight is 288 g/mol. The van der Waals surface area contributed by atoms with E-state index < -0.39 is 15.0 Å². The Morgan fingerprint density at radius 3 is 2.35 bits per heavy atom. The van der Waals surface area contributed by atoms with Crippen LogP contribution in [0.15, 0.2) is 36.4 Å². The molecular weight excluding hydrogens is 271 g/mol. The van der Waals surface area contributed by atoms with E-state index in [1.54, 1.807) is 0 Å². The van der Waals surface area contributed by atoms with Crippen molar-refractivity contribution in [2.75, 3.05) is 0 Å². The summed E-state index contributed by atoms with van der Waals surface area (Å²) in [5, 5.41) is 0. The van der Waals surface area contributed by atoms with E-state index in [1.807, 2.05) is 57.2 Å². The molecule has 0 aliphatic rings. The van der Waals surface area contributed by atoms with Crippen molar-refractivity contribution in [3.8, 4) is 11.1 Å². The monoisotopic (exact) mass is 288 g/mol. The second-order valence-corrected chi connectivity index (χ2v) is 5.12. The maximum absolute atomic E-state index is 12.0. The molecule has 0 aromatic heterocycles. The molecule has 0 bridgehead atoms. The highest BCUT2D eigenvalue weighted by Gasteiger charge is 2.19. The van der Waals surface area contributed by atoms with E-state index in [9.17, 15) is 4.79 Å². The third kappa shape index (κ3) is 2.74. The molecule has 3 nitrogen and oxygen atoms in total. The first-order valence-electron chi connectivity index (χ1n) is 6.32. The van der Waals surface area contributed by atoms with Crippen LogP contribution in [0.4, 0.5) is 0 Å². The first-order valence-corrected chi connectivity index (χ1v) is 7.18. The van der Waals surface area contributed by atoms with Gasteiger partial charge in [-0.15, -0.1) is 0 Å². The van der Waals surface area contributed by atoms with Crippen LogP contribution in [0.3, 0.4) is 0 Å². The molecule has 2 rings (SSSR count). The molecule has 2 aromatic rings. The Labute approximate surface area is 120 Å². The van der Waals surface area contributed by atoms with Crippen LogP contribution in [0.1, 0.15) is 27.0 Å². The third-order valence-electron chi connectivity index (χ3n) is 3.38. The highest BCUT2D eigenvalue weighted by atomic mass is 31.1. The van der Waals surface area contributed by atoms with Crippen molar-refractivity contribution >= 4 is 15.0 Å². The van der Waals surface area contributed by atoms with Crippen LogP contribution in [-0.4, -0.2) is 10.9 Å². The second-order valence-electron chi connectivity index (χ2n) is 4.73. The molecule has 0 radical (unpaired) electrons. The number of hydrogen-bond donors (Lipinski definition) is 1. The molecule has 0 saturated heterocycles. The predicted molar refractivity (Wildman–Crippen MR) is 82.0 cm³/mol. The first kappa shape index (κ1) is 14.7. The van der Waals surface area contributed by atoms with Gasteiger partial charge >= 0.3 is 5.97 Å². The molecule has 0 heterocycles. The molecule has 0 spiro atoms. The Morgan fingerprint density at radius 2 is 1.75 bits per heavy atom. The van der Waals surface area contributed by atoms with E-state index in [2.05, 4.69) is 0 Å². The van der Waals surface area contributed by atoms with Gasteiger partial charge in [-0.1, -0.05) is 36.4 Å². The lowest BCUT2D eigenvalue weighted by atomic mass is 9.89. The number of benzene rings is 2. The number of rotatable bonds is 3. The molecule has 0 aliphatic heterocycles. The Bertz CT molecular complexity index is 636. The van der Waals surface area contributed by atoms with Gasteiger partial charge < -0.3 is 9.42 Å². The van der Waals surface area contributed by atoms with Crippen molar-refractivity contribution < 1.29 is 14.2 Å². The summed E-state index contributed by atoms with van der Waals surface area (Å²) >= 11 is 0. The molecule has 1 unspecified atom stereocenters. The number of carbonyl (C=O) groups is 1. The van der Waals surface area contributed by atoms with Gasteiger partial charge in [0.1, 0.15) is 0 Å². The van der Waals surface area contributed by atoms with E-state index in [4.69, 9.17) is 9.42 Å². The average Bonchev–Trinajstić information content (AvgIpc) is 2.39. The minimum Gasteiger partial charge on any atom is -0.416 e. The van der Waals surface area contributed by atoms with Crippen LogP contribution in [0.2, 0.25) is 0 Å². The van der Waals surface area contributed by atoms with E-state index in [0.717, 1.165) is 27.8 Å². The van der Waals surface area contributed by atoms with Gasteiger partial charge in [0.2, 0.25) is 9.03 Å². The van der Waals surface area contributed by atoms with Crippen LogP contribution in [0, 0.1) is 20.8 Å². The normalized spacial score (nSPS) is 11.0. The topological polar surface area (TPSA) is 46.5 Å². The Hall–Kier alpha value is -1.70. The van der Waals surface area contributed by atoms with Crippen LogP contribution in [0.5, 0.6) is 0 Å². The first-order chi connectivity index (χ1) is 9.56. The maximum Gasteiger partial charge on any atom is 0.343 e. The summed E-state index contributed by atoms with van der Waals surface area (Å²) in [5.74, 6) is -0.474. The fourth-order valence-electron chi connectivity index (χ4n) is 2.64. The van der Waals surface area contributed by atoms with Crippen molar-refractivity contribution in [2.45, 2.75) is 20.8 Å². The van der Waals surface area contributed by atoms with Gasteiger partial charge in [-0.3, -0.25) is 0 Å². The summed E-state index contributed by atoms with van der Waals surface area (Å²) < 4.78 is 4.76. The van der Waals surface area contributed by atoms with Gasteiger partial charge in [-0.25, -0.2) is 4.79 Å². The van der Waals surface area contributed by atoms with E-state index in [-0.39, 0.29) is 0 Å². The predicted octanol–water partition coefficient (Wildman–Crippen LogP) is 3.94. The van der Waals surface area contributed by atoms with Gasteiger partial charge in [-0.2, -0.15) is 0 Å². The molecule has 104 valence electrons. The summed E-state index contributed by atoms with van der Waals surface area (Å²) in [6.07, 6.45) is 0. The zero-order valence-electron chi connectivity index (χ0n) is 11.7. The molecular formula is C16H17O3P. The molecule has 0 aliphatic carbocycles. The SMILES string of the molecule is Cc1cc(C)c(-c2ccccc2)c(C)c1C(=O)OPO. The van der Waals surface area contributed by atoms with Crippen LogP contribution in [-0.2, 0) is 4.52 Å². The van der Waals surface area contributed by atoms with Gasteiger partial charge in [0.05, 0.1) is 5.56 Å². The fourth-order valence-corrected chi connectivity index (χ4v) is 2.83. The van der Waals surface area contributed by atoms with Gasteiger partial charge in [0.25, 0.3) is 0 Å². The van der Waals surface area contributed by atoms with Crippen molar-refractivity contribution in [1.29, 1.82) is 0 Å². The molecule has 0 fully saturated rings. The van der Waals surface area contributed by atoms with Crippen molar-refractivity contribution in [3.63, 3.8) is 0 Å².